The number of halogens is 2. The van der Waals surface area contributed by atoms with Gasteiger partial charge in [-0.2, -0.15) is 4.68 Å². The second-order valence-corrected chi connectivity index (χ2v) is 6.00. The third-order valence-corrected chi connectivity index (χ3v) is 3.89. The average Bonchev–Trinajstić information content (AvgIpc) is 2.98. The van der Waals surface area contributed by atoms with Gasteiger partial charge in [0.25, 0.3) is 0 Å². The molecule has 3 rings (SSSR count). The van der Waals surface area contributed by atoms with Crippen molar-refractivity contribution in [2.75, 3.05) is 6.54 Å². The Morgan fingerprint density at radius 2 is 1.85 bits per heavy atom. The van der Waals surface area contributed by atoms with Crippen LogP contribution in [-0.2, 0) is 17.8 Å². The number of nitrogens with zero attached hydrogens (tertiary/aromatic N) is 2. The first-order chi connectivity index (χ1) is 12.5. The molecule has 1 aromatic heterocycles. The standard InChI is InChI=1S/C18H15ClFN3O3/c19-14-5-1-12(2-6-14)9-10-21-16(24)11-23-18(25)26-17(22-23)13-3-7-15(20)8-4-13/h1-8H,9-11H2,(H,21,24). The molecule has 0 aliphatic carbocycles. The normalized spacial score (nSPS) is 10.7. The van der Waals surface area contributed by atoms with Gasteiger partial charge in [-0.25, -0.2) is 9.18 Å². The van der Waals surface area contributed by atoms with Crippen LogP contribution < -0.4 is 11.1 Å². The predicted octanol–water partition coefficient (Wildman–Crippen LogP) is 2.65. The van der Waals surface area contributed by atoms with E-state index in [1.807, 2.05) is 12.1 Å². The van der Waals surface area contributed by atoms with Crippen molar-refractivity contribution in [3.05, 3.63) is 75.5 Å². The number of carbonyl (C=O) groups is 1. The number of rotatable bonds is 6. The average molecular weight is 376 g/mol. The zero-order valence-electron chi connectivity index (χ0n) is 13.6. The van der Waals surface area contributed by atoms with E-state index in [-0.39, 0.29) is 18.3 Å². The maximum atomic E-state index is 12.9. The Morgan fingerprint density at radius 3 is 2.54 bits per heavy atom. The van der Waals surface area contributed by atoms with Crippen molar-refractivity contribution in [1.82, 2.24) is 15.1 Å². The third-order valence-electron chi connectivity index (χ3n) is 3.64. The van der Waals surface area contributed by atoms with Crippen LogP contribution in [0.15, 0.2) is 57.7 Å². The van der Waals surface area contributed by atoms with E-state index in [1.165, 1.54) is 24.3 Å². The van der Waals surface area contributed by atoms with Gasteiger partial charge in [-0.15, -0.1) is 5.10 Å². The Labute approximate surface area is 153 Å². The van der Waals surface area contributed by atoms with Crippen molar-refractivity contribution in [2.45, 2.75) is 13.0 Å². The first-order valence-corrected chi connectivity index (χ1v) is 8.24. The van der Waals surface area contributed by atoms with Gasteiger partial charge in [-0.05, 0) is 48.4 Å². The number of benzene rings is 2. The SMILES string of the molecule is O=C(Cn1nc(-c2ccc(F)cc2)oc1=O)NCCc1ccc(Cl)cc1. The van der Waals surface area contributed by atoms with E-state index in [0.29, 0.717) is 23.6 Å². The highest BCUT2D eigenvalue weighted by atomic mass is 35.5. The summed E-state index contributed by atoms with van der Waals surface area (Å²) in [5.74, 6) is -1.49. The number of hydrogen-bond donors (Lipinski definition) is 1. The molecule has 0 spiro atoms. The first-order valence-electron chi connectivity index (χ1n) is 7.86. The lowest BCUT2D eigenvalue weighted by atomic mass is 10.1. The second-order valence-electron chi connectivity index (χ2n) is 5.56. The van der Waals surface area contributed by atoms with E-state index in [0.717, 1.165) is 10.2 Å². The van der Waals surface area contributed by atoms with Gasteiger partial charge in [-0.1, -0.05) is 23.7 Å². The Balaban J connectivity index is 1.56. The van der Waals surface area contributed by atoms with Crippen molar-refractivity contribution >= 4 is 17.5 Å². The Bertz CT molecular complexity index is 949. The molecule has 1 N–H and O–H groups in total. The summed E-state index contributed by atoms with van der Waals surface area (Å²) in [5.41, 5.74) is 1.48. The smallest absolute Gasteiger partial charge is 0.388 e. The van der Waals surface area contributed by atoms with E-state index in [1.54, 1.807) is 12.1 Å². The molecule has 0 bridgehead atoms. The van der Waals surface area contributed by atoms with Crippen molar-refractivity contribution in [2.24, 2.45) is 0 Å². The molecule has 1 amide bonds. The van der Waals surface area contributed by atoms with Crippen molar-refractivity contribution in [3.8, 4) is 11.5 Å². The number of nitrogens with one attached hydrogen (secondary N) is 1. The van der Waals surface area contributed by atoms with Crippen molar-refractivity contribution in [3.63, 3.8) is 0 Å². The van der Waals surface area contributed by atoms with E-state index in [9.17, 15) is 14.0 Å². The van der Waals surface area contributed by atoms with Gasteiger partial charge in [0.05, 0.1) is 0 Å². The van der Waals surface area contributed by atoms with Crippen LogP contribution in [0.5, 0.6) is 0 Å². The third kappa shape index (κ3) is 4.58. The number of aromatic nitrogens is 2. The summed E-state index contributed by atoms with van der Waals surface area (Å²) in [6.07, 6.45) is 0.636. The van der Waals surface area contributed by atoms with Crippen LogP contribution in [0.1, 0.15) is 5.56 Å². The first kappa shape index (κ1) is 17.9. The molecule has 0 fully saturated rings. The fourth-order valence-corrected chi connectivity index (χ4v) is 2.43. The van der Waals surface area contributed by atoms with Crippen molar-refractivity contribution < 1.29 is 13.6 Å². The van der Waals surface area contributed by atoms with Gasteiger partial charge in [0.15, 0.2) is 0 Å². The van der Waals surface area contributed by atoms with Crippen LogP contribution >= 0.6 is 11.6 Å². The largest absolute Gasteiger partial charge is 0.437 e. The van der Waals surface area contributed by atoms with Gasteiger partial charge in [0.1, 0.15) is 12.4 Å². The fourth-order valence-electron chi connectivity index (χ4n) is 2.30. The van der Waals surface area contributed by atoms with Crippen LogP contribution in [-0.4, -0.2) is 22.2 Å². The molecule has 0 atom stereocenters. The van der Waals surface area contributed by atoms with E-state index < -0.39 is 11.6 Å². The Hall–Kier alpha value is -2.93. The molecule has 6 nitrogen and oxygen atoms in total. The minimum Gasteiger partial charge on any atom is -0.388 e. The number of amides is 1. The predicted molar refractivity (Wildman–Crippen MR) is 94.3 cm³/mol. The van der Waals surface area contributed by atoms with Crippen LogP contribution in [0.3, 0.4) is 0 Å². The van der Waals surface area contributed by atoms with Crippen molar-refractivity contribution in [1.29, 1.82) is 0 Å². The topological polar surface area (TPSA) is 77.1 Å². The van der Waals surface area contributed by atoms with Gasteiger partial charge >= 0.3 is 5.76 Å². The summed E-state index contributed by atoms with van der Waals surface area (Å²) in [6.45, 7) is 0.155. The Morgan fingerprint density at radius 1 is 1.15 bits per heavy atom. The van der Waals surface area contributed by atoms with E-state index >= 15 is 0 Å². The molecular weight excluding hydrogens is 361 g/mol. The monoisotopic (exact) mass is 375 g/mol. The summed E-state index contributed by atoms with van der Waals surface area (Å²) in [7, 11) is 0. The van der Waals surface area contributed by atoms with Crippen LogP contribution in [0.25, 0.3) is 11.5 Å². The maximum absolute atomic E-state index is 12.9. The minimum absolute atomic E-state index is 0.0314. The summed E-state index contributed by atoms with van der Waals surface area (Å²) >= 11 is 5.82. The summed E-state index contributed by atoms with van der Waals surface area (Å²) in [6, 6.07) is 12.7. The highest BCUT2D eigenvalue weighted by Gasteiger charge is 2.13. The molecule has 3 aromatic rings. The minimum atomic E-state index is -0.753. The molecular formula is C18H15ClFN3O3. The van der Waals surface area contributed by atoms with E-state index in [4.69, 9.17) is 16.0 Å². The lowest BCUT2D eigenvalue weighted by Crippen LogP contribution is -2.32. The summed E-state index contributed by atoms with van der Waals surface area (Å²) < 4.78 is 18.9. The molecule has 0 aliphatic rings. The quantitative estimate of drug-likeness (QED) is 0.718. The zero-order valence-corrected chi connectivity index (χ0v) is 14.4. The summed E-state index contributed by atoms with van der Waals surface area (Å²) in [4.78, 5) is 23.8. The Kier molecular flexibility index (Phi) is 5.48. The highest BCUT2D eigenvalue weighted by Crippen LogP contribution is 2.15. The van der Waals surface area contributed by atoms with E-state index in [2.05, 4.69) is 10.4 Å². The van der Waals surface area contributed by atoms with Gasteiger partial charge in [0.2, 0.25) is 11.8 Å². The maximum Gasteiger partial charge on any atom is 0.437 e. The number of carbonyl (C=O) groups excluding carboxylic acids is 1. The lowest BCUT2D eigenvalue weighted by molar-refractivity contribution is -0.121. The molecule has 0 aliphatic heterocycles. The van der Waals surface area contributed by atoms with Gasteiger partial charge in [-0.3, -0.25) is 4.79 Å². The molecule has 26 heavy (non-hydrogen) atoms. The molecule has 134 valence electrons. The fraction of sp³-hybridized carbons (Fsp3) is 0.167. The lowest BCUT2D eigenvalue weighted by Gasteiger charge is -2.05. The second kappa shape index (κ2) is 7.97. The van der Waals surface area contributed by atoms with Gasteiger partial charge < -0.3 is 9.73 Å². The number of hydrogen-bond acceptors (Lipinski definition) is 4. The molecule has 1 heterocycles. The van der Waals surface area contributed by atoms with Crippen LogP contribution in [0, 0.1) is 5.82 Å². The molecule has 0 saturated heterocycles. The molecule has 2 aromatic carbocycles. The molecule has 8 heteroatoms. The molecule has 0 saturated carbocycles. The molecule has 0 unspecified atom stereocenters. The van der Waals surface area contributed by atoms with Gasteiger partial charge in [0, 0.05) is 17.1 Å². The zero-order chi connectivity index (χ0) is 18.5. The van der Waals surface area contributed by atoms with Crippen LogP contribution in [0.2, 0.25) is 5.02 Å². The highest BCUT2D eigenvalue weighted by molar-refractivity contribution is 6.30. The van der Waals surface area contributed by atoms with Crippen LogP contribution in [0.4, 0.5) is 4.39 Å². The summed E-state index contributed by atoms with van der Waals surface area (Å²) in [5, 5.41) is 7.33. The molecule has 0 radical (unpaired) electrons.